The molecular formula is C14H24N2O. The third-order valence-electron chi connectivity index (χ3n) is 3.11. The molecule has 17 heavy (non-hydrogen) atoms. The summed E-state index contributed by atoms with van der Waals surface area (Å²) in [5.41, 5.74) is 9.36. The van der Waals surface area contributed by atoms with E-state index in [0.717, 1.165) is 25.4 Å². The predicted molar refractivity (Wildman–Crippen MR) is 72.4 cm³/mol. The zero-order valence-corrected chi connectivity index (χ0v) is 11.3. The van der Waals surface area contributed by atoms with Gasteiger partial charge < -0.3 is 15.8 Å². The normalized spacial score (nSPS) is 12.5. The molecule has 0 bridgehead atoms. The summed E-state index contributed by atoms with van der Waals surface area (Å²) in [5.74, 6) is 1.47. The summed E-state index contributed by atoms with van der Waals surface area (Å²) < 4.78 is 5.40. The fourth-order valence-corrected chi connectivity index (χ4v) is 1.71. The van der Waals surface area contributed by atoms with Gasteiger partial charge in [0, 0.05) is 12.1 Å². The first-order valence-corrected chi connectivity index (χ1v) is 6.13. The number of methoxy groups -OCH3 is 1. The molecule has 0 spiro atoms. The Morgan fingerprint density at radius 3 is 2.53 bits per heavy atom. The maximum absolute atomic E-state index is 5.59. The molecule has 0 heterocycles. The molecule has 1 aromatic rings. The van der Waals surface area contributed by atoms with Gasteiger partial charge in [0.2, 0.25) is 0 Å². The number of nitrogens with one attached hydrogen (secondary N) is 1. The van der Waals surface area contributed by atoms with Crippen LogP contribution in [0.25, 0.3) is 0 Å². The van der Waals surface area contributed by atoms with E-state index < -0.39 is 0 Å². The maximum atomic E-state index is 5.59. The fourth-order valence-electron chi connectivity index (χ4n) is 1.71. The molecule has 1 aromatic carbocycles. The Bertz CT molecular complexity index is 363. The molecule has 1 rings (SSSR count). The van der Waals surface area contributed by atoms with Gasteiger partial charge in [-0.05, 0) is 50.0 Å². The van der Waals surface area contributed by atoms with Crippen LogP contribution in [0.15, 0.2) is 12.1 Å². The van der Waals surface area contributed by atoms with Crippen molar-refractivity contribution in [1.82, 2.24) is 5.32 Å². The summed E-state index contributed by atoms with van der Waals surface area (Å²) in [5, 5.41) is 3.41. The molecular weight excluding hydrogens is 212 g/mol. The van der Waals surface area contributed by atoms with Gasteiger partial charge in [-0.15, -0.1) is 0 Å². The predicted octanol–water partition coefficient (Wildman–Crippen LogP) is 2.00. The summed E-state index contributed by atoms with van der Waals surface area (Å²) in [6.07, 6.45) is 0. The lowest BCUT2D eigenvalue weighted by molar-refractivity contribution is 0.405. The number of ether oxygens (including phenoxy) is 1. The van der Waals surface area contributed by atoms with Gasteiger partial charge in [-0.2, -0.15) is 0 Å². The first-order valence-electron chi connectivity index (χ1n) is 6.13. The van der Waals surface area contributed by atoms with Gasteiger partial charge in [0.05, 0.1) is 7.11 Å². The van der Waals surface area contributed by atoms with E-state index in [1.165, 1.54) is 16.7 Å². The number of hydrogen-bond donors (Lipinski definition) is 2. The summed E-state index contributed by atoms with van der Waals surface area (Å²) in [6, 6.07) is 4.28. The number of aryl methyl sites for hydroxylation is 2. The first kappa shape index (κ1) is 14.0. The second-order valence-corrected chi connectivity index (χ2v) is 4.72. The topological polar surface area (TPSA) is 47.3 Å². The van der Waals surface area contributed by atoms with E-state index in [4.69, 9.17) is 10.5 Å². The molecule has 3 N–H and O–H groups in total. The number of benzene rings is 1. The van der Waals surface area contributed by atoms with Gasteiger partial charge in [0.15, 0.2) is 0 Å². The number of hydrogen-bond acceptors (Lipinski definition) is 3. The molecule has 0 radical (unpaired) electrons. The second kappa shape index (κ2) is 6.62. The van der Waals surface area contributed by atoms with Crippen molar-refractivity contribution in [2.45, 2.75) is 27.3 Å². The minimum absolute atomic E-state index is 0.507. The lowest BCUT2D eigenvalue weighted by atomic mass is 10.0. The van der Waals surface area contributed by atoms with Crippen molar-refractivity contribution in [1.29, 1.82) is 0 Å². The van der Waals surface area contributed by atoms with Crippen LogP contribution in [0.3, 0.4) is 0 Å². The van der Waals surface area contributed by atoms with E-state index in [2.05, 4.69) is 38.2 Å². The molecule has 0 fully saturated rings. The number of rotatable bonds is 6. The average Bonchev–Trinajstić information content (AvgIpc) is 2.32. The summed E-state index contributed by atoms with van der Waals surface area (Å²) in [6.45, 7) is 8.86. The Balaban J connectivity index is 2.66. The van der Waals surface area contributed by atoms with Crippen molar-refractivity contribution < 1.29 is 4.74 Å². The third kappa shape index (κ3) is 4.02. The van der Waals surface area contributed by atoms with E-state index in [9.17, 15) is 0 Å². The molecule has 3 heteroatoms. The molecule has 0 aliphatic carbocycles. The minimum atomic E-state index is 0.507. The molecule has 0 aliphatic heterocycles. The van der Waals surface area contributed by atoms with Gasteiger partial charge in [-0.25, -0.2) is 0 Å². The largest absolute Gasteiger partial charge is 0.496 e. The molecule has 3 nitrogen and oxygen atoms in total. The highest BCUT2D eigenvalue weighted by Crippen LogP contribution is 2.22. The van der Waals surface area contributed by atoms with Crippen LogP contribution in [-0.2, 0) is 6.54 Å². The highest BCUT2D eigenvalue weighted by atomic mass is 16.5. The van der Waals surface area contributed by atoms with Crippen molar-refractivity contribution in [2.24, 2.45) is 11.7 Å². The Kier molecular flexibility index (Phi) is 5.45. The van der Waals surface area contributed by atoms with Gasteiger partial charge in [0.1, 0.15) is 5.75 Å². The highest BCUT2D eigenvalue weighted by molar-refractivity contribution is 5.41. The number of nitrogens with two attached hydrogens (primary N) is 1. The molecule has 96 valence electrons. The van der Waals surface area contributed by atoms with Crippen LogP contribution >= 0.6 is 0 Å². The van der Waals surface area contributed by atoms with Crippen molar-refractivity contribution in [2.75, 3.05) is 20.2 Å². The first-order chi connectivity index (χ1) is 8.08. The van der Waals surface area contributed by atoms with Gasteiger partial charge in [-0.3, -0.25) is 0 Å². The minimum Gasteiger partial charge on any atom is -0.496 e. The van der Waals surface area contributed by atoms with Gasteiger partial charge >= 0.3 is 0 Å². The third-order valence-corrected chi connectivity index (χ3v) is 3.11. The van der Waals surface area contributed by atoms with Crippen LogP contribution in [0.4, 0.5) is 0 Å². The smallest absolute Gasteiger partial charge is 0.123 e. The second-order valence-electron chi connectivity index (χ2n) is 4.72. The van der Waals surface area contributed by atoms with Crippen molar-refractivity contribution >= 4 is 0 Å². The zero-order chi connectivity index (χ0) is 12.8. The molecule has 1 unspecified atom stereocenters. The van der Waals surface area contributed by atoms with Crippen LogP contribution < -0.4 is 15.8 Å². The monoisotopic (exact) mass is 236 g/mol. The average molecular weight is 236 g/mol. The zero-order valence-electron chi connectivity index (χ0n) is 11.3. The van der Waals surface area contributed by atoms with Crippen LogP contribution in [-0.4, -0.2) is 20.2 Å². The quantitative estimate of drug-likeness (QED) is 0.794. The maximum Gasteiger partial charge on any atom is 0.123 e. The molecule has 0 aliphatic rings. The summed E-state index contributed by atoms with van der Waals surface area (Å²) >= 11 is 0. The highest BCUT2D eigenvalue weighted by Gasteiger charge is 2.06. The van der Waals surface area contributed by atoms with Gasteiger partial charge in [-0.1, -0.05) is 13.0 Å². The van der Waals surface area contributed by atoms with Crippen LogP contribution in [0, 0.1) is 19.8 Å². The van der Waals surface area contributed by atoms with Gasteiger partial charge in [0.25, 0.3) is 0 Å². The fraction of sp³-hybridized carbons (Fsp3) is 0.571. The summed E-state index contributed by atoms with van der Waals surface area (Å²) in [7, 11) is 1.72. The molecule has 0 saturated heterocycles. The Morgan fingerprint density at radius 1 is 1.29 bits per heavy atom. The van der Waals surface area contributed by atoms with Crippen LogP contribution in [0.2, 0.25) is 0 Å². The van der Waals surface area contributed by atoms with Crippen LogP contribution in [0.1, 0.15) is 23.6 Å². The molecule has 0 amide bonds. The SMILES string of the molecule is COc1cc(C)c(C)cc1CNCC(C)CN. The molecule has 0 saturated carbocycles. The molecule has 0 aromatic heterocycles. The Hall–Kier alpha value is -1.06. The molecule has 1 atom stereocenters. The standard InChI is InChI=1S/C14H24N2O/c1-10(7-15)8-16-9-13-5-11(2)12(3)6-14(13)17-4/h5-6,10,16H,7-9,15H2,1-4H3. The Morgan fingerprint density at radius 2 is 1.94 bits per heavy atom. The van der Waals surface area contributed by atoms with E-state index in [0.29, 0.717) is 5.92 Å². The summed E-state index contributed by atoms with van der Waals surface area (Å²) in [4.78, 5) is 0. The van der Waals surface area contributed by atoms with Crippen molar-refractivity contribution in [3.8, 4) is 5.75 Å². The van der Waals surface area contributed by atoms with E-state index in [1.54, 1.807) is 7.11 Å². The van der Waals surface area contributed by atoms with Crippen molar-refractivity contribution in [3.05, 3.63) is 28.8 Å². The van der Waals surface area contributed by atoms with Crippen molar-refractivity contribution in [3.63, 3.8) is 0 Å². The van der Waals surface area contributed by atoms with E-state index >= 15 is 0 Å². The van der Waals surface area contributed by atoms with E-state index in [-0.39, 0.29) is 0 Å². The lowest BCUT2D eigenvalue weighted by Gasteiger charge is -2.14. The Labute approximate surface area is 104 Å². The van der Waals surface area contributed by atoms with Crippen LogP contribution in [0.5, 0.6) is 5.75 Å². The lowest BCUT2D eigenvalue weighted by Crippen LogP contribution is -2.26. The van der Waals surface area contributed by atoms with E-state index in [1.807, 2.05) is 0 Å².